The van der Waals surface area contributed by atoms with Crippen LogP contribution in [0.3, 0.4) is 0 Å². The summed E-state index contributed by atoms with van der Waals surface area (Å²) in [5.41, 5.74) is 0. The zero-order valence-electron chi connectivity index (χ0n) is 1.88. The Morgan fingerprint density at radius 1 is 1.60 bits per heavy atom. The summed E-state index contributed by atoms with van der Waals surface area (Å²) >= 11 is 0. The van der Waals surface area contributed by atoms with E-state index < -0.39 is 0 Å². The van der Waals surface area contributed by atoms with E-state index in [1.807, 2.05) is 0 Å². The molecule has 0 heterocycles. The fraction of sp³-hybridized carbons (Fsp3) is 0. The Labute approximate surface area is 61.3 Å². The molecule has 0 saturated heterocycles. The first-order valence-corrected chi connectivity index (χ1v) is 0.383. The van der Waals surface area contributed by atoms with Crippen LogP contribution in [0.4, 0.5) is 0 Å². The first-order chi connectivity index (χ1) is 1.41. The average Bonchev–Trinajstić information content (AvgIpc) is 0.918. The molecule has 1 N–H and O–H groups in total. The minimum atomic E-state index is 0. The van der Waals surface area contributed by atoms with E-state index in [0.29, 0.717) is 0 Å². The molecule has 0 unspecified atom stereocenters. The third-order valence-corrected chi connectivity index (χ3v) is 0. The van der Waals surface area contributed by atoms with Gasteiger partial charge in [0, 0.05) is 8.41 Å². The maximum atomic E-state index is 8.11. The predicted molar refractivity (Wildman–Crippen MR) is 21.9 cm³/mol. The van der Waals surface area contributed by atoms with Gasteiger partial charge in [0.2, 0.25) is 0 Å². The summed E-state index contributed by atoms with van der Waals surface area (Å²) in [6, 6.07) is 0. The molecule has 0 aromatic rings. The summed E-state index contributed by atoms with van der Waals surface area (Å²) in [5, 5.41) is 7.89. The zero-order valence-corrected chi connectivity index (χ0v) is 1.88. The van der Waals surface area contributed by atoms with Crippen LogP contribution >= 0.6 is 0 Å². The molecule has 0 saturated carbocycles. The molecule has 0 aliphatic rings. The Balaban J connectivity index is -0.0000000200. The van der Waals surface area contributed by atoms with Crippen molar-refractivity contribution in [2.75, 3.05) is 0 Å². The standard InChI is InChI=1S/B.Ca.HNO2.2H/c;;2-1-3;;/h;;(H,2,3);;. The van der Waals surface area contributed by atoms with Crippen LogP contribution in [0, 0.1) is 4.91 Å². The molecule has 5 heteroatoms. The van der Waals surface area contributed by atoms with Crippen LogP contribution in [0.5, 0.6) is 0 Å². The van der Waals surface area contributed by atoms with Gasteiger partial charge in [-0.2, -0.15) is 0 Å². The fourth-order valence-corrected chi connectivity index (χ4v) is 0. The molecule has 0 aliphatic heterocycles. The van der Waals surface area contributed by atoms with Gasteiger partial charge in [0.25, 0.3) is 0 Å². The van der Waals surface area contributed by atoms with E-state index in [2.05, 4.69) is 0 Å². The van der Waals surface area contributed by atoms with Crippen molar-refractivity contribution in [3.8, 4) is 0 Å². The van der Waals surface area contributed by atoms with E-state index in [9.17, 15) is 0 Å². The zero-order chi connectivity index (χ0) is 2.71. The monoisotopic (exact) mass is 100.0 g/mol. The summed E-state index contributed by atoms with van der Waals surface area (Å²) in [6.07, 6.45) is 0. The van der Waals surface area contributed by atoms with Gasteiger partial charge in [-0.05, 0) is 0 Å². The van der Waals surface area contributed by atoms with Crippen LogP contribution in [0.15, 0.2) is 5.34 Å². The Hall–Kier alpha value is 0.725. The second kappa shape index (κ2) is 22.0. The molecular formula is H3BCaNO2. The summed E-state index contributed by atoms with van der Waals surface area (Å²) in [4.78, 5) is 8.11. The maximum absolute atomic E-state index is 8.11. The molecule has 0 aromatic heterocycles. The van der Waals surface area contributed by atoms with E-state index in [1.165, 1.54) is 5.34 Å². The van der Waals surface area contributed by atoms with Crippen molar-refractivity contribution >= 4 is 46.2 Å². The van der Waals surface area contributed by atoms with Gasteiger partial charge >= 0.3 is 37.7 Å². The van der Waals surface area contributed by atoms with E-state index in [1.54, 1.807) is 0 Å². The third-order valence-electron chi connectivity index (χ3n) is 0. The van der Waals surface area contributed by atoms with Crippen LogP contribution in [-0.2, 0) is 0 Å². The second-order valence-corrected chi connectivity index (χ2v) is 0.0816. The normalized spacial score (nSPS) is 2.40. The van der Waals surface area contributed by atoms with Crippen LogP contribution < -0.4 is 0 Å². The van der Waals surface area contributed by atoms with Crippen LogP contribution in [0.25, 0.3) is 0 Å². The van der Waals surface area contributed by atoms with Crippen LogP contribution in [0.2, 0.25) is 0 Å². The number of hydrogen-bond donors (Lipinski definition) is 1. The number of nitrogens with zero attached hydrogens (tertiary/aromatic N) is 1. The molecule has 0 amide bonds. The van der Waals surface area contributed by atoms with E-state index in [4.69, 9.17) is 10.1 Å². The van der Waals surface area contributed by atoms with Gasteiger partial charge in [0.1, 0.15) is 0 Å². The average molecular weight is 99.9 g/mol. The van der Waals surface area contributed by atoms with Crippen molar-refractivity contribution in [2.45, 2.75) is 0 Å². The predicted octanol–water partition coefficient (Wildman–Crippen LogP) is -1.16. The molecule has 0 atom stereocenters. The van der Waals surface area contributed by atoms with Crippen molar-refractivity contribution in [3.63, 3.8) is 0 Å². The summed E-state index contributed by atoms with van der Waals surface area (Å²) in [6.45, 7) is 0. The van der Waals surface area contributed by atoms with Crippen molar-refractivity contribution in [1.82, 2.24) is 0 Å². The number of rotatable bonds is 0. The van der Waals surface area contributed by atoms with Gasteiger partial charge in [-0.3, -0.25) is 0 Å². The summed E-state index contributed by atoms with van der Waals surface area (Å²) in [5.74, 6) is 0. The van der Waals surface area contributed by atoms with Gasteiger partial charge < -0.3 is 5.21 Å². The first kappa shape index (κ1) is 17.2. The first-order valence-electron chi connectivity index (χ1n) is 0.383. The molecule has 25 valence electrons. The van der Waals surface area contributed by atoms with Gasteiger partial charge in [-0.25, -0.2) is 0 Å². The molecule has 3 radical (unpaired) electrons. The Morgan fingerprint density at radius 2 is 1.60 bits per heavy atom. The quantitative estimate of drug-likeness (QED) is 0.237. The van der Waals surface area contributed by atoms with E-state index in [-0.39, 0.29) is 46.2 Å². The van der Waals surface area contributed by atoms with Crippen molar-refractivity contribution in [3.05, 3.63) is 4.91 Å². The second-order valence-electron chi connectivity index (χ2n) is 0.0816. The van der Waals surface area contributed by atoms with Crippen molar-refractivity contribution in [1.29, 1.82) is 0 Å². The fourth-order valence-electron chi connectivity index (χ4n) is 0. The molecule has 0 spiro atoms. The third kappa shape index (κ3) is 66.8. The number of hydrogen-bond acceptors (Lipinski definition) is 2. The van der Waals surface area contributed by atoms with Gasteiger partial charge in [-0.15, -0.1) is 4.91 Å². The minimum absolute atomic E-state index is 0. The Kier molecular flexibility index (Phi) is 75.9. The van der Waals surface area contributed by atoms with Crippen LogP contribution in [0.1, 0.15) is 0 Å². The Morgan fingerprint density at radius 3 is 1.60 bits per heavy atom. The molecular weight excluding hydrogens is 96.9 g/mol. The van der Waals surface area contributed by atoms with Crippen molar-refractivity contribution in [2.24, 2.45) is 5.34 Å². The molecule has 0 rings (SSSR count). The SMILES string of the molecule is O=NO.[B].[CaH2]. The van der Waals surface area contributed by atoms with Gasteiger partial charge in [0.15, 0.2) is 5.34 Å². The van der Waals surface area contributed by atoms with Gasteiger partial charge in [-0.1, -0.05) is 0 Å². The van der Waals surface area contributed by atoms with E-state index >= 15 is 0 Å². The molecule has 0 aliphatic carbocycles. The van der Waals surface area contributed by atoms with Crippen LogP contribution in [-0.4, -0.2) is 51.4 Å². The molecule has 0 bridgehead atoms. The topological polar surface area (TPSA) is 49.7 Å². The van der Waals surface area contributed by atoms with Gasteiger partial charge in [0.05, 0.1) is 0 Å². The molecule has 3 nitrogen and oxygen atoms in total. The summed E-state index contributed by atoms with van der Waals surface area (Å²) < 4.78 is 0. The Bertz CT molecular complexity index is 17.1. The molecule has 0 fully saturated rings. The van der Waals surface area contributed by atoms with E-state index in [0.717, 1.165) is 0 Å². The molecule has 5 heavy (non-hydrogen) atoms. The molecule has 0 aromatic carbocycles. The van der Waals surface area contributed by atoms with Crippen molar-refractivity contribution < 1.29 is 5.21 Å². The summed E-state index contributed by atoms with van der Waals surface area (Å²) in [7, 11) is 0.